The molecule has 6 nitrogen and oxygen atoms in total. The molecule has 0 heterocycles. The number of amides is 2. The Morgan fingerprint density at radius 1 is 0.875 bits per heavy atom. The van der Waals surface area contributed by atoms with Crippen LogP contribution >= 0.6 is 22.6 Å². The average Bonchev–Trinajstić information content (AvgIpc) is 2.80. The third kappa shape index (κ3) is 6.91. The number of carboxylic acid groups (broad SMARTS) is 1. The Labute approximate surface area is 200 Å². The third-order valence-electron chi connectivity index (χ3n) is 4.88. The molecular weight excluding hydrogens is 519 g/mol. The second-order valence-electron chi connectivity index (χ2n) is 7.25. The van der Waals surface area contributed by atoms with Gasteiger partial charge in [-0.3, -0.25) is 14.4 Å². The van der Waals surface area contributed by atoms with Crippen LogP contribution in [0.15, 0.2) is 78.9 Å². The van der Waals surface area contributed by atoms with Gasteiger partial charge in [0.2, 0.25) is 5.91 Å². The van der Waals surface area contributed by atoms with E-state index in [2.05, 4.69) is 33.2 Å². The van der Waals surface area contributed by atoms with E-state index >= 15 is 0 Å². The zero-order valence-electron chi connectivity index (χ0n) is 17.3. The number of carbonyl (C=O) groups is 3. The predicted molar refractivity (Wildman–Crippen MR) is 131 cm³/mol. The Kier molecular flexibility index (Phi) is 8.38. The SMILES string of the molecule is O=C(O)CC[C@H](NC(=O)c1ccc(-c2ccccc2)cc1)C(=O)NCc1cccc(I)c1. The molecule has 3 aromatic rings. The Morgan fingerprint density at radius 2 is 1.56 bits per heavy atom. The fourth-order valence-corrected chi connectivity index (χ4v) is 3.79. The zero-order valence-corrected chi connectivity index (χ0v) is 19.4. The van der Waals surface area contributed by atoms with Crippen LogP contribution in [0.25, 0.3) is 11.1 Å². The summed E-state index contributed by atoms with van der Waals surface area (Å²) in [5.74, 6) is -1.87. The minimum atomic E-state index is -1.03. The van der Waals surface area contributed by atoms with Crippen LogP contribution in [0.2, 0.25) is 0 Å². The van der Waals surface area contributed by atoms with Gasteiger partial charge in [0.05, 0.1) is 0 Å². The van der Waals surface area contributed by atoms with Crippen molar-refractivity contribution in [2.45, 2.75) is 25.4 Å². The van der Waals surface area contributed by atoms with Crippen LogP contribution in [0.1, 0.15) is 28.8 Å². The molecule has 3 aromatic carbocycles. The number of nitrogens with one attached hydrogen (secondary N) is 2. The van der Waals surface area contributed by atoms with Gasteiger partial charge in [-0.05, 0) is 70.0 Å². The molecule has 3 N–H and O–H groups in total. The normalized spacial score (nSPS) is 11.4. The van der Waals surface area contributed by atoms with Crippen molar-refractivity contribution in [1.82, 2.24) is 10.6 Å². The molecule has 7 heteroatoms. The molecule has 0 aliphatic carbocycles. The van der Waals surface area contributed by atoms with Gasteiger partial charge in [-0.25, -0.2) is 0 Å². The summed E-state index contributed by atoms with van der Waals surface area (Å²) in [5.41, 5.74) is 3.33. The molecule has 2 amide bonds. The number of halogens is 1. The van der Waals surface area contributed by atoms with Crippen LogP contribution in [0.3, 0.4) is 0 Å². The first-order chi connectivity index (χ1) is 15.4. The van der Waals surface area contributed by atoms with Crippen LogP contribution in [0, 0.1) is 3.57 Å². The molecular formula is C25H23IN2O4. The minimum absolute atomic E-state index is 0.00132. The fourth-order valence-electron chi connectivity index (χ4n) is 3.18. The molecule has 0 unspecified atom stereocenters. The quantitative estimate of drug-likeness (QED) is 0.353. The van der Waals surface area contributed by atoms with Gasteiger partial charge in [-0.2, -0.15) is 0 Å². The summed E-state index contributed by atoms with van der Waals surface area (Å²) < 4.78 is 1.05. The van der Waals surface area contributed by atoms with Crippen molar-refractivity contribution >= 4 is 40.4 Å². The summed E-state index contributed by atoms with van der Waals surface area (Å²) >= 11 is 2.19. The summed E-state index contributed by atoms with van der Waals surface area (Å²) in [7, 11) is 0. The third-order valence-corrected chi connectivity index (χ3v) is 5.55. The predicted octanol–water partition coefficient (Wildman–Crippen LogP) is 4.24. The van der Waals surface area contributed by atoms with E-state index in [1.807, 2.05) is 66.7 Å². The summed E-state index contributed by atoms with van der Waals surface area (Å²) in [6.45, 7) is 0.293. The maximum atomic E-state index is 12.7. The number of benzene rings is 3. The number of carbonyl (C=O) groups excluding carboxylic acids is 2. The number of hydrogen-bond acceptors (Lipinski definition) is 3. The van der Waals surface area contributed by atoms with Crippen LogP contribution in [0.5, 0.6) is 0 Å². The summed E-state index contributed by atoms with van der Waals surface area (Å²) in [4.78, 5) is 36.5. The van der Waals surface area contributed by atoms with E-state index in [4.69, 9.17) is 5.11 Å². The van der Waals surface area contributed by atoms with E-state index in [0.717, 1.165) is 20.3 Å². The second kappa shape index (κ2) is 11.4. The number of aliphatic carboxylic acids is 1. The van der Waals surface area contributed by atoms with Crippen molar-refractivity contribution < 1.29 is 19.5 Å². The molecule has 0 saturated carbocycles. The van der Waals surface area contributed by atoms with E-state index in [9.17, 15) is 14.4 Å². The van der Waals surface area contributed by atoms with Crippen LogP contribution < -0.4 is 10.6 Å². The first-order valence-corrected chi connectivity index (χ1v) is 11.2. The van der Waals surface area contributed by atoms with Gasteiger partial charge < -0.3 is 15.7 Å². The van der Waals surface area contributed by atoms with Gasteiger partial charge in [0.25, 0.3) is 5.91 Å². The van der Waals surface area contributed by atoms with Gasteiger partial charge in [0.15, 0.2) is 0 Å². The molecule has 0 aliphatic rings. The Balaban J connectivity index is 1.66. The maximum absolute atomic E-state index is 12.7. The molecule has 0 saturated heterocycles. The second-order valence-corrected chi connectivity index (χ2v) is 8.50. The molecule has 32 heavy (non-hydrogen) atoms. The smallest absolute Gasteiger partial charge is 0.303 e. The van der Waals surface area contributed by atoms with Crippen LogP contribution in [-0.2, 0) is 16.1 Å². The van der Waals surface area contributed by atoms with E-state index < -0.39 is 23.8 Å². The maximum Gasteiger partial charge on any atom is 0.303 e. The standard InChI is InChI=1S/C25H23IN2O4/c26-21-8-4-5-17(15-21)16-27-25(32)22(13-14-23(29)30)28-24(31)20-11-9-19(10-12-20)18-6-2-1-3-7-18/h1-12,15,22H,13-14,16H2,(H,27,32)(H,28,31)(H,29,30)/t22-/m0/s1. The lowest BCUT2D eigenvalue weighted by molar-refractivity contribution is -0.137. The lowest BCUT2D eigenvalue weighted by atomic mass is 10.0. The molecule has 3 rings (SSSR count). The highest BCUT2D eigenvalue weighted by Gasteiger charge is 2.22. The van der Waals surface area contributed by atoms with Crippen molar-refractivity contribution in [3.8, 4) is 11.1 Å². The van der Waals surface area contributed by atoms with Crippen molar-refractivity contribution in [2.24, 2.45) is 0 Å². The average molecular weight is 542 g/mol. The summed E-state index contributed by atoms with van der Waals surface area (Å²) in [6, 6.07) is 23.6. The van der Waals surface area contributed by atoms with E-state index in [1.165, 1.54) is 0 Å². The molecule has 1 atom stereocenters. The van der Waals surface area contributed by atoms with Gasteiger partial charge in [-0.15, -0.1) is 0 Å². The van der Waals surface area contributed by atoms with E-state index in [-0.39, 0.29) is 12.8 Å². The topological polar surface area (TPSA) is 95.5 Å². The lowest BCUT2D eigenvalue weighted by Gasteiger charge is -2.18. The molecule has 0 bridgehead atoms. The first kappa shape index (κ1) is 23.5. The molecule has 0 spiro atoms. The van der Waals surface area contributed by atoms with Gasteiger partial charge >= 0.3 is 5.97 Å². The Bertz CT molecular complexity index is 1080. The van der Waals surface area contributed by atoms with Crippen molar-refractivity contribution in [2.75, 3.05) is 0 Å². The highest BCUT2D eigenvalue weighted by molar-refractivity contribution is 14.1. The fraction of sp³-hybridized carbons (Fsp3) is 0.160. The first-order valence-electron chi connectivity index (χ1n) is 10.1. The minimum Gasteiger partial charge on any atom is -0.481 e. The Hall–Kier alpha value is -3.20. The number of rotatable bonds is 9. The molecule has 0 fully saturated rings. The van der Waals surface area contributed by atoms with Crippen LogP contribution in [-0.4, -0.2) is 28.9 Å². The van der Waals surface area contributed by atoms with Crippen molar-refractivity contribution in [3.05, 3.63) is 93.6 Å². The number of carboxylic acids is 1. The monoisotopic (exact) mass is 542 g/mol. The summed E-state index contributed by atoms with van der Waals surface area (Å²) in [5, 5.41) is 14.5. The molecule has 0 aliphatic heterocycles. The van der Waals surface area contributed by atoms with Gasteiger partial charge in [0.1, 0.15) is 6.04 Å². The molecule has 0 aromatic heterocycles. The largest absolute Gasteiger partial charge is 0.481 e. The molecule has 164 valence electrons. The van der Waals surface area contributed by atoms with Crippen molar-refractivity contribution in [3.63, 3.8) is 0 Å². The lowest BCUT2D eigenvalue weighted by Crippen LogP contribution is -2.46. The van der Waals surface area contributed by atoms with E-state index in [1.54, 1.807) is 12.1 Å². The summed E-state index contributed by atoms with van der Waals surface area (Å²) in [6.07, 6.45) is -0.226. The zero-order chi connectivity index (χ0) is 22.9. The van der Waals surface area contributed by atoms with E-state index in [0.29, 0.717) is 12.1 Å². The van der Waals surface area contributed by atoms with Gasteiger partial charge in [-0.1, -0.05) is 54.6 Å². The highest BCUT2D eigenvalue weighted by Crippen LogP contribution is 2.19. The van der Waals surface area contributed by atoms with Gasteiger partial charge in [0, 0.05) is 22.1 Å². The van der Waals surface area contributed by atoms with Crippen LogP contribution in [0.4, 0.5) is 0 Å². The molecule has 0 radical (unpaired) electrons. The number of hydrogen-bond donors (Lipinski definition) is 3. The highest BCUT2D eigenvalue weighted by atomic mass is 127. The Morgan fingerprint density at radius 3 is 2.22 bits per heavy atom. The van der Waals surface area contributed by atoms with Crippen molar-refractivity contribution in [1.29, 1.82) is 0 Å².